The van der Waals surface area contributed by atoms with E-state index < -0.39 is 0 Å². The molecule has 1 aromatic carbocycles. The monoisotopic (exact) mass is 275 g/mol. The fourth-order valence-electron chi connectivity index (χ4n) is 2.01. The number of aromatic nitrogens is 1. The van der Waals surface area contributed by atoms with Crippen LogP contribution < -0.4 is 10.6 Å². The molecule has 0 unspecified atom stereocenters. The van der Waals surface area contributed by atoms with E-state index in [1.165, 1.54) is 11.1 Å². The summed E-state index contributed by atoms with van der Waals surface area (Å²) in [4.78, 5) is 6.49. The minimum Gasteiger partial charge on any atom is -0.397 e. The van der Waals surface area contributed by atoms with Crippen molar-refractivity contribution in [2.24, 2.45) is 0 Å². The number of aryl methyl sites for hydroxylation is 1. The lowest BCUT2D eigenvalue weighted by Crippen LogP contribution is -2.24. The van der Waals surface area contributed by atoms with Gasteiger partial charge in [-0.25, -0.2) is 4.98 Å². The molecule has 2 N–H and O–H groups in total. The first-order chi connectivity index (χ1) is 9.11. The van der Waals surface area contributed by atoms with Gasteiger partial charge in [-0.05, 0) is 31.0 Å². The van der Waals surface area contributed by atoms with Gasteiger partial charge >= 0.3 is 0 Å². The highest BCUT2D eigenvalue weighted by molar-refractivity contribution is 6.33. The van der Waals surface area contributed by atoms with Crippen molar-refractivity contribution in [3.05, 3.63) is 52.7 Å². The lowest BCUT2D eigenvalue weighted by molar-refractivity contribution is 0.810. The molecule has 0 saturated heterocycles. The van der Waals surface area contributed by atoms with Gasteiger partial charge in [-0.15, -0.1) is 0 Å². The topological polar surface area (TPSA) is 42.2 Å². The van der Waals surface area contributed by atoms with Gasteiger partial charge in [0.05, 0.1) is 16.9 Å². The molecule has 0 fully saturated rings. The summed E-state index contributed by atoms with van der Waals surface area (Å²) in [6.07, 6.45) is 1.64. The van der Waals surface area contributed by atoms with Gasteiger partial charge in [-0.1, -0.05) is 35.9 Å². The summed E-state index contributed by atoms with van der Waals surface area (Å²) in [7, 11) is 0. The Bertz CT molecular complexity index is 569. The van der Waals surface area contributed by atoms with Crippen LogP contribution in [0.2, 0.25) is 5.02 Å². The Morgan fingerprint density at radius 2 is 2.05 bits per heavy atom. The zero-order chi connectivity index (χ0) is 13.8. The molecular formula is C15H18ClN3. The largest absolute Gasteiger partial charge is 0.397 e. The minimum absolute atomic E-state index is 0.584. The van der Waals surface area contributed by atoms with Crippen molar-refractivity contribution >= 4 is 23.1 Å². The molecule has 0 aliphatic carbocycles. The third-order valence-corrected chi connectivity index (χ3v) is 3.42. The van der Waals surface area contributed by atoms with Gasteiger partial charge < -0.3 is 10.6 Å². The van der Waals surface area contributed by atoms with Gasteiger partial charge in [0.15, 0.2) is 0 Å². The van der Waals surface area contributed by atoms with Crippen molar-refractivity contribution in [1.82, 2.24) is 4.98 Å². The number of hydrogen-bond donors (Lipinski definition) is 1. The number of nitrogen functional groups attached to an aromatic ring is 1. The molecule has 0 saturated carbocycles. The molecule has 4 heteroatoms. The first-order valence-electron chi connectivity index (χ1n) is 6.32. The lowest BCUT2D eigenvalue weighted by Gasteiger charge is -2.24. The molecule has 2 rings (SSSR count). The smallest absolute Gasteiger partial charge is 0.147 e. The molecule has 0 bridgehead atoms. The van der Waals surface area contributed by atoms with E-state index in [0.29, 0.717) is 10.7 Å². The van der Waals surface area contributed by atoms with Crippen LogP contribution in [0, 0.1) is 6.92 Å². The molecule has 0 spiro atoms. The van der Waals surface area contributed by atoms with Crippen LogP contribution in [0.4, 0.5) is 11.5 Å². The second kappa shape index (κ2) is 5.93. The fourth-order valence-corrected chi connectivity index (χ4v) is 2.30. The maximum Gasteiger partial charge on any atom is 0.147 e. The molecule has 19 heavy (non-hydrogen) atoms. The quantitative estimate of drug-likeness (QED) is 0.926. The van der Waals surface area contributed by atoms with Crippen molar-refractivity contribution in [3.8, 4) is 0 Å². The summed E-state index contributed by atoms with van der Waals surface area (Å²) in [6, 6.07) is 10.1. The summed E-state index contributed by atoms with van der Waals surface area (Å²) in [5, 5.41) is 0.593. The Labute approximate surface area is 119 Å². The second-order valence-corrected chi connectivity index (χ2v) is 4.92. The van der Waals surface area contributed by atoms with Crippen molar-refractivity contribution < 1.29 is 0 Å². The SMILES string of the molecule is CCN(Cc1ccccc1C)c1ncc(N)cc1Cl. The summed E-state index contributed by atoms with van der Waals surface area (Å²) >= 11 is 6.22. The highest BCUT2D eigenvalue weighted by atomic mass is 35.5. The van der Waals surface area contributed by atoms with Crippen molar-refractivity contribution in [3.63, 3.8) is 0 Å². The minimum atomic E-state index is 0.584. The van der Waals surface area contributed by atoms with Crippen LogP contribution in [-0.4, -0.2) is 11.5 Å². The molecule has 3 nitrogen and oxygen atoms in total. The van der Waals surface area contributed by atoms with Gasteiger partial charge in [0.1, 0.15) is 5.82 Å². The number of anilines is 2. The average Bonchev–Trinajstić information content (AvgIpc) is 2.39. The third kappa shape index (κ3) is 3.18. The van der Waals surface area contributed by atoms with Gasteiger partial charge in [0, 0.05) is 13.1 Å². The van der Waals surface area contributed by atoms with E-state index in [-0.39, 0.29) is 0 Å². The summed E-state index contributed by atoms with van der Waals surface area (Å²) in [5.41, 5.74) is 8.81. The maximum atomic E-state index is 6.22. The molecule has 1 heterocycles. The maximum absolute atomic E-state index is 6.22. The number of nitrogens with two attached hydrogens (primary N) is 1. The highest BCUT2D eigenvalue weighted by Gasteiger charge is 2.12. The fraction of sp³-hybridized carbons (Fsp3) is 0.267. The van der Waals surface area contributed by atoms with Crippen molar-refractivity contribution in [2.45, 2.75) is 20.4 Å². The first kappa shape index (κ1) is 13.7. The van der Waals surface area contributed by atoms with Gasteiger partial charge in [0.2, 0.25) is 0 Å². The summed E-state index contributed by atoms with van der Waals surface area (Å²) < 4.78 is 0. The van der Waals surface area contributed by atoms with Crippen LogP contribution in [0.25, 0.3) is 0 Å². The van der Waals surface area contributed by atoms with Crippen LogP contribution >= 0.6 is 11.6 Å². The number of halogens is 1. The van der Waals surface area contributed by atoms with Crippen LogP contribution in [0.3, 0.4) is 0 Å². The Kier molecular flexibility index (Phi) is 4.27. The Balaban J connectivity index is 2.28. The van der Waals surface area contributed by atoms with E-state index in [4.69, 9.17) is 17.3 Å². The van der Waals surface area contributed by atoms with Crippen molar-refractivity contribution in [2.75, 3.05) is 17.2 Å². The Hall–Kier alpha value is -1.74. The molecule has 0 aliphatic heterocycles. The van der Waals surface area contributed by atoms with E-state index in [0.717, 1.165) is 18.9 Å². The predicted octanol–water partition coefficient (Wildman–Crippen LogP) is 3.65. The van der Waals surface area contributed by atoms with E-state index >= 15 is 0 Å². The standard InChI is InChI=1S/C15H18ClN3/c1-3-19(10-12-7-5-4-6-11(12)2)15-14(16)8-13(17)9-18-15/h4-9H,3,10,17H2,1-2H3. The van der Waals surface area contributed by atoms with E-state index in [1.54, 1.807) is 12.3 Å². The number of hydrogen-bond acceptors (Lipinski definition) is 3. The van der Waals surface area contributed by atoms with E-state index in [2.05, 4.69) is 35.9 Å². The Morgan fingerprint density at radius 3 is 2.68 bits per heavy atom. The molecule has 2 aromatic rings. The van der Waals surface area contributed by atoms with Gasteiger partial charge in [0.25, 0.3) is 0 Å². The molecule has 0 amide bonds. The van der Waals surface area contributed by atoms with Crippen LogP contribution in [0.15, 0.2) is 36.5 Å². The zero-order valence-electron chi connectivity index (χ0n) is 11.2. The van der Waals surface area contributed by atoms with Crippen LogP contribution in [0.5, 0.6) is 0 Å². The lowest BCUT2D eigenvalue weighted by atomic mass is 10.1. The molecule has 0 radical (unpaired) electrons. The molecule has 1 aromatic heterocycles. The number of nitrogens with zero attached hydrogens (tertiary/aromatic N) is 2. The zero-order valence-corrected chi connectivity index (χ0v) is 12.0. The van der Waals surface area contributed by atoms with Crippen LogP contribution in [0.1, 0.15) is 18.1 Å². The van der Waals surface area contributed by atoms with Gasteiger partial charge in [-0.2, -0.15) is 0 Å². The first-order valence-corrected chi connectivity index (χ1v) is 6.70. The van der Waals surface area contributed by atoms with Crippen molar-refractivity contribution in [1.29, 1.82) is 0 Å². The molecule has 0 aliphatic rings. The normalized spacial score (nSPS) is 10.5. The third-order valence-electron chi connectivity index (χ3n) is 3.15. The number of rotatable bonds is 4. The summed E-state index contributed by atoms with van der Waals surface area (Å²) in [5.74, 6) is 0.779. The number of benzene rings is 1. The average molecular weight is 276 g/mol. The van der Waals surface area contributed by atoms with Gasteiger partial charge in [-0.3, -0.25) is 0 Å². The predicted molar refractivity (Wildman–Crippen MR) is 81.6 cm³/mol. The second-order valence-electron chi connectivity index (χ2n) is 4.51. The molecular weight excluding hydrogens is 258 g/mol. The highest BCUT2D eigenvalue weighted by Crippen LogP contribution is 2.26. The van der Waals surface area contributed by atoms with E-state index in [9.17, 15) is 0 Å². The van der Waals surface area contributed by atoms with Crippen LogP contribution in [-0.2, 0) is 6.54 Å². The molecule has 0 atom stereocenters. The molecule has 100 valence electrons. The summed E-state index contributed by atoms with van der Waals surface area (Å²) in [6.45, 7) is 5.83. The Morgan fingerprint density at radius 1 is 1.32 bits per heavy atom. The van der Waals surface area contributed by atoms with E-state index in [1.807, 2.05) is 12.1 Å². The number of pyridine rings is 1.